The Kier molecular flexibility index (Phi) is 6.30. The van der Waals surface area contributed by atoms with Crippen LogP contribution in [0.5, 0.6) is 0 Å². The van der Waals surface area contributed by atoms with Gasteiger partial charge in [-0.25, -0.2) is 18.1 Å². The average molecular weight is 489 g/mol. The van der Waals surface area contributed by atoms with Gasteiger partial charge in [0.25, 0.3) is 0 Å². The number of fused-ring (bicyclic) bond motifs is 1. The van der Waals surface area contributed by atoms with Crippen molar-refractivity contribution in [1.82, 2.24) is 19.3 Å². The maximum atomic E-state index is 12.4. The molecule has 0 aliphatic heterocycles. The number of benzene rings is 1. The Morgan fingerprint density at radius 2 is 2.09 bits per heavy atom. The van der Waals surface area contributed by atoms with Crippen LogP contribution >= 0.6 is 11.6 Å². The van der Waals surface area contributed by atoms with E-state index >= 15 is 0 Å². The highest BCUT2D eigenvalue weighted by Gasteiger charge is 2.27. The molecule has 0 amide bonds. The Morgan fingerprint density at radius 3 is 2.82 bits per heavy atom. The van der Waals surface area contributed by atoms with E-state index in [0.29, 0.717) is 5.69 Å². The molecule has 33 heavy (non-hydrogen) atoms. The Hall–Kier alpha value is -2.75. The van der Waals surface area contributed by atoms with Gasteiger partial charge in [0.05, 0.1) is 23.5 Å². The van der Waals surface area contributed by atoms with Crippen LogP contribution in [-0.4, -0.2) is 40.6 Å². The van der Waals surface area contributed by atoms with E-state index in [-0.39, 0.29) is 28.3 Å². The van der Waals surface area contributed by atoms with Gasteiger partial charge in [-0.15, -0.1) is 0 Å². The lowest BCUT2D eigenvalue weighted by Crippen LogP contribution is -2.26. The van der Waals surface area contributed by atoms with Crippen LogP contribution in [0.3, 0.4) is 0 Å². The topological polar surface area (TPSA) is 114 Å². The molecule has 1 aliphatic carbocycles. The maximum Gasteiger partial charge on any atom is 0.304 e. The standard InChI is InChI=1S/C23H25ClN4O4S/c1-23(2)7-5-17-15(10-23)11-25-12-18(17)20-13-28(14-26-20)16-3-4-21(19(24)9-16)33(31,32)27-8-6-22(29)30/h3-4,9,11-14,27H,5-8,10H2,1-2H3,(H,29,30). The molecule has 0 unspecified atom stereocenters. The smallest absolute Gasteiger partial charge is 0.304 e. The second-order valence-corrected chi connectivity index (χ2v) is 11.1. The minimum absolute atomic E-state index is 0.0339. The van der Waals surface area contributed by atoms with Crippen molar-refractivity contribution in [3.05, 3.63) is 59.3 Å². The molecule has 0 radical (unpaired) electrons. The molecule has 0 saturated carbocycles. The fourth-order valence-electron chi connectivity index (χ4n) is 4.11. The number of carboxylic acid groups (broad SMARTS) is 1. The van der Waals surface area contributed by atoms with Crippen molar-refractivity contribution >= 4 is 27.6 Å². The number of imidazole rings is 1. The van der Waals surface area contributed by atoms with Crippen LogP contribution in [0.25, 0.3) is 16.9 Å². The summed E-state index contributed by atoms with van der Waals surface area (Å²) in [7, 11) is -3.92. The van der Waals surface area contributed by atoms with Gasteiger partial charge in [-0.2, -0.15) is 0 Å². The summed E-state index contributed by atoms with van der Waals surface area (Å²) in [6, 6.07) is 4.57. The van der Waals surface area contributed by atoms with Crippen LogP contribution in [0.1, 0.15) is 37.8 Å². The molecule has 0 fully saturated rings. The summed E-state index contributed by atoms with van der Waals surface area (Å²) < 4.78 is 28.9. The molecule has 2 aromatic heterocycles. The van der Waals surface area contributed by atoms with E-state index in [1.807, 2.05) is 18.6 Å². The van der Waals surface area contributed by atoms with Gasteiger partial charge < -0.3 is 9.67 Å². The van der Waals surface area contributed by atoms with Crippen LogP contribution in [0, 0.1) is 5.41 Å². The lowest BCUT2D eigenvalue weighted by atomic mass is 9.74. The lowest BCUT2D eigenvalue weighted by molar-refractivity contribution is -0.136. The van der Waals surface area contributed by atoms with Gasteiger partial charge in [-0.05, 0) is 54.0 Å². The predicted octanol–water partition coefficient (Wildman–Crippen LogP) is 3.86. The van der Waals surface area contributed by atoms with Crippen LogP contribution in [0.2, 0.25) is 5.02 Å². The molecule has 2 N–H and O–H groups in total. The first-order valence-corrected chi connectivity index (χ1v) is 12.4. The molecule has 2 heterocycles. The number of carbonyl (C=O) groups is 1. The average Bonchev–Trinajstić information content (AvgIpc) is 3.22. The highest BCUT2D eigenvalue weighted by molar-refractivity contribution is 7.89. The highest BCUT2D eigenvalue weighted by Crippen LogP contribution is 2.38. The summed E-state index contributed by atoms with van der Waals surface area (Å²) >= 11 is 6.27. The van der Waals surface area contributed by atoms with E-state index in [4.69, 9.17) is 16.7 Å². The summed E-state index contributed by atoms with van der Waals surface area (Å²) in [5.74, 6) is -1.09. The number of aromatic nitrogens is 3. The van der Waals surface area contributed by atoms with Crippen LogP contribution < -0.4 is 4.72 Å². The van der Waals surface area contributed by atoms with Crippen molar-refractivity contribution in [3.8, 4) is 16.9 Å². The highest BCUT2D eigenvalue weighted by atomic mass is 35.5. The quantitative estimate of drug-likeness (QED) is 0.522. The number of rotatable bonds is 7. The molecular formula is C23H25ClN4O4S. The number of pyridine rings is 1. The van der Waals surface area contributed by atoms with Crippen molar-refractivity contribution in [3.63, 3.8) is 0 Å². The molecule has 0 bridgehead atoms. The van der Waals surface area contributed by atoms with Gasteiger partial charge >= 0.3 is 5.97 Å². The van der Waals surface area contributed by atoms with Crippen molar-refractivity contribution in [1.29, 1.82) is 0 Å². The molecule has 1 aliphatic rings. The van der Waals surface area contributed by atoms with Gasteiger partial charge in [0.1, 0.15) is 4.90 Å². The van der Waals surface area contributed by atoms with E-state index in [9.17, 15) is 13.2 Å². The number of aliphatic carboxylic acids is 1. The monoisotopic (exact) mass is 488 g/mol. The van der Waals surface area contributed by atoms with Gasteiger partial charge in [0.15, 0.2) is 0 Å². The summed E-state index contributed by atoms with van der Waals surface area (Å²) in [5.41, 5.74) is 5.25. The molecule has 8 nitrogen and oxygen atoms in total. The summed E-state index contributed by atoms with van der Waals surface area (Å²) in [4.78, 5) is 19.5. The molecule has 3 aromatic rings. The maximum absolute atomic E-state index is 12.4. The Morgan fingerprint density at radius 1 is 1.30 bits per heavy atom. The first kappa shape index (κ1) is 23.4. The minimum Gasteiger partial charge on any atom is -0.481 e. The fourth-order valence-corrected chi connectivity index (χ4v) is 5.68. The first-order valence-electron chi connectivity index (χ1n) is 10.6. The van der Waals surface area contributed by atoms with Crippen LogP contribution in [0.15, 0.2) is 48.0 Å². The first-order chi connectivity index (χ1) is 15.6. The van der Waals surface area contributed by atoms with Crippen molar-refractivity contribution in [2.24, 2.45) is 5.41 Å². The molecule has 1 aromatic carbocycles. The predicted molar refractivity (Wildman–Crippen MR) is 125 cm³/mol. The van der Waals surface area contributed by atoms with Crippen molar-refractivity contribution in [2.75, 3.05) is 6.54 Å². The summed E-state index contributed by atoms with van der Waals surface area (Å²) in [5, 5.41) is 8.73. The molecule has 0 spiro atoms. The Bertz CT molecular complexity index is 1320. The second-order valence-electron chi connectivity index (χ2n) is 8.99. The zero-order chi connectivity index (χ0) is 23.8. The van der Waals surface area contributed by atoms with Crippen molar-refractivity contribution in [2.45, 2.75) is 44.4 Å². The zero-order valence-electron chi connectivity index (χ0n) is 18.4. The van der Waals surface area contributed by atoms with E-state index in [2.05, 4.69) is 28.5 Å². The van der Waals surface area contributed by atoms with Crippen LogP contribution in [-0.2, 0) is 27.7 Å². The SMILES string of the molecule is CC1(C)CCc2c(cncc2-c2cn(-c3ccc(S(=O)(=O)NCCC(=O)O)c(Cl)c3)cn2)C1. The number of sulfonamides is 1. The van der Waals surface area contributed by atoms with E-state index < -0.39 is 16.0 Å². The van der Waals surface area contributed by atoms with Gasteiger partial charge in [-0.3, -0.25) is 9.78 Å². The lowest BCUT2D eigenvalue weighted by Gasteiger charge is -2.31. The van der Waals surface area contributed by atoms with E-state index in [0.717, 1.165) is 30.5 Å². The third kappa shape index (κ3) is 5.10. The molecular weight excluding hydrogens is 464 g/mol. The van der Waals surface area contributed by atoms with E-state index in [1.165, 1.54) is 17.2 Å². The number of nitrogens with zero attached hydrogens (tertiary/aromatic N) is 3. The van der Waals surface area contributed by atoms with Crippen molar-refractivity contribution < 1.29 is 18.3 Å². The minimum atomic E-state index is -3.92. The number of hydrogen-bond acceptors (Lipinski definition) is 5. The zero-order valence-corrected chi connectivity index (χ0v) is 19.9. The van der Waals surface area contributed by atoms with Crippen LogP contribution in [0.4, 0.5) is 0 Å². The number of carboxylic acids is 1. The molecule has 10 heteroatoms. The third-order valence-electron chi connectivity index (χ3n) is 5.86. The second kappa shape index (κ2) is 8.89. The number of halogens is 1. The Balaban J connectivity index is 1.59. The summed E-state index contributed by atoms with van der Waals surface area (Å²) in [6.45, 7) is 4.33. The largest absolute Gasteiger partial charge is 0.481 e. The third-order valence-corrected chi connectivity index (χ3v) is 7.80. The van der Waals surface area contributed by atoms with Gasteiger partial charge in [0.2, 0.25) is 10.0 Å². The molecule has 174 valence electrons. The summed E-state index contributed by atoms with van der Waals surface area (Å²) in [6.07, 6.45) is 10.1. The molecule has 4 rings (SSSR count). The normalized spacial score (nSPS) is 15.2. The van der Waals surface area contributed by atoms with Gasteiger partial charge in [0, 0.05) is 36.4 Å². The number of hydrogen-bond donors (Lipinski definition) is 2. The number of nitrogens with one attached hydrogen (secondary N) is 1. The fraction of sp³-hybridized carbons (Fsp3) is 0.348. The molecule has 0 atom stereocenters. The Labute approximate surface area is 197 Å². The van der Waals surface area contributed by atoms with E-state index in [1.54, 1.807) is 23.0 Å². The molecule has 0 saturated heterocycles. The van der Waals surface area contributed by atoms with Gasteiger partial charge in [-0.1, -0.05) is 25.4 Å².